The quantitative estimate of drug-likeness (QED) is 0.483. The molecule has 0 aromatic carbocycles. The Balaban J connectivity index is 0. The summed E-state index contributed by atoms with van der Waals surface area (Å²) in [6, 6.07) is 0. The van der Waals surface area contributed by atoms with E-state index in [0.29, 0.717) is 6.41 Å². The summed E-state index contributed by atoms with van der Waals surface area (Å²) >= 11 is 1.19. The van der Waals surface area contributed by atoms with Crippen LogP contribution < -0.4 is 5.43 Å². The van der Waals surface area contributed by atoms with Gasteiger partial charge in [0.2, 0.25) is 6.41 Å². The molecular weight excluding hydrogens is 304 g/mol. The normalized spacial score (nSPS) is 11.9. The van der Waals surface area contributed by atoms with E-state index in [-0.39, 0.29) is 10.3 Å². The molecule has 2 amide bonds. The van der Waals surface area contributed by atoms with Gasteiger partial charge in [0.05, 0.1) is 5.60 Å². The van der Waals surface area contributed by atoms with Crippen LogP contribution in [-0.2, 0) is 14.3 Å². The molecule has 6 nitrogen and oxygen atoms in total. The maximum Gasteiger partial charge on any atom is 0.439 e. The van der Waals surface area contributed by atoms with E-state index in [9.17, 15) is 9.59 Å². The number of carbonyl (C=O) groups is 2. The van der Waals surface area contributed by atoms with Gasteiger partial charge in [-0.05, 0) is 74.3 Å². The maximum absolute atomic E-state index is 11.7. The van der Waals surface area contributed by atoms with E-state index >= 15 is 0 Å². The third-order valence-corrected chi connectivity index (χ3v) is 2.69. The Bertz CT molecular complexity index is 341. The first-order valence-electron chi connectivity index (χ1n) is 7.08. The second kappa shape index (κ2) is 9.25. The summed E-state index contributed by atoms with van der Waals surface area (Å²) in [6.07, 6.45) is -0.137. The predicted molar refractivity (Wildman–Crippen MR) is 91.4 cm³/mol. The van der Waals surface area contributed by atoms with Crippen molar-refractivity contribution in [3.05, 3.63) is 0 Å². The fourth-order valence-corrected chi connectivity index (χ4v) is 1.50. The van der Waals surface area contributed by atoms with Crippen LogP contribution in [0.4, 0.5) is 4.79 Å². The van der Waals surface area contributed by atoms with E-state index in [4.69, 9.17) is 9.47 Å². The minimum atomic E-state index is -0.585. The van der Waals surface area contributed by atoms with E-state index in [0.717, 1.165) is 4.41 Å². The smallest absolute Gasteiger partial charge is 0.439 e. The molecule has 0 radical (unpaired) electrons. The Morgan fingerprint density at radius 2 is 1.41 bits per heavy atom. The molecule has 0 unspecified atom stereocenters. The van der Waals surface area contributed by atoms with E-state index in [1.54, 1.807) is 27.9 Å². The molecule has 1 N–H and O–H groups in total. The lowest BCUT2D eigenvalue weighted by Gasteiger charge is -2.29. The molecule has 0 aliphatic heterocycles. The van der Waals surface area contributed by atoms with Crippen LogP contribution in [0, 0.1) is 0 Å². The molecular formula is C15H32N2O4S. The Morgan fingerprint density at radius 1 is 1.00 bits per heavy atom. The first kappa shape index (κ1) is 23.3. The summed E-state index contributed by atoms with van der Waals surface area (Å²) in [5.41, 5.74) is 1.76. The SMILES string of the molecule is CC(C)(C)OC(=O)N(NC=O)SC(C)(C)C.COC(C)(C)C. The van der Waals surface area contributed by atoms with Crippen molar-refractivity contribution in [1.29, 1.82) is 0 Å². The third kappa shape index (κ3) is 17.1. The number of hydrazine groups is 1. The fraction of sp³-hybridized carbons (Fsp3) is 0.867. The van der Waals surface area contributed by atoms with Gasteiger partial charge >= 0.3 is 6.09 Å². The second-order valence-corrected chi connectivity index (χ2v) is 9.31. The molecule has 22 heavy (non-hydrogen) atoms. The molecule has 0 saturated heterocycles. The number of nitrogens with zero attached hydrogens (tertiary/aromatic N) is 1. The van der Waals surface area contributed by atoms with E-state index in [1.165, 1.54) is 11.9 Å². The molecule has 7 heteroatoms. The first-order chi connectivity index (χ1) is 9.61. The van der Waals surface area contributed by atoms with Crippen LogP contribution in [0.15, 0.2) is 0 Å². The second-order valence-electron chi connectivity index (χ2n) is 7.54. The van der Waals surface area contributed by atoms with E-state index in [2.05, 4.69) is 5.43 Å². The van der Waals surface area contributed by atoms with Crippen LogP contribution in [0.25, 0.3) is 0 Å². The van der Waals surface area contributed by atoms with Gasteiger partial charge in [-0.1, -0.05) is 0 Å². The molecule has 0 heterocycles. The molecule has 0 fully saturated rings. The summed E-state index contributed by atoms with van der Waals surface area (Å²) in [4.78, 5) is 22.1. The highest BCUT2D eigenvalue weighted by molar-refractivity contribution is 7.98. The molecule has 0 aromatic rings. The zero-order chi connectivity index (χ0) is 18.2. The van der Waals surface area contributed by atoms with Crippen molar-refractivity contribution in [2.45, 2.75) is 78.3 Å². The minimum absolute atomic E-state index is 0.0417. The van der Waals surface area contributed by atoms with Crippen molar-refractivity contribution in [1.82, 2.24) is 9.84 Å². The Labute approximate surface area is 139 Å². The highest BCUT2D eigenvalue weighted by Crippen LogP contribution is 2.27. The number of hydrogen-bond donors (Lipinski definition) is 1. The molecule has 0 aliphatic carbocycles. The molecule has 0 aliphatic rings. The monoisotopic (exact) mass is 336 g/mol. The lowest BCUT2D eigenvalue weighted by Crippen LogP contribution is -2.42. The summed E-state index contributed by atoms with van der Waals surface area (Å²) < 4.78 is 11.0. The van der Waals surface area contributed by atoms with Crippen molar-refractivity contribution in [2.75, 3.05) is 7.11 Å². The van der Waals surface area contributed by atoms with Crippen LogP contribution in [0.2, 0.25) is 0 Å². The number of ether oxygens (including phenoxy) is 2. The van der Waals surface area contributed by atoms with Crippen molar-refractivity contribution >= 4 is 24.5 Å². The lowest BCUT2D eigenvalue weighted by atomic mass is 10.2. The zero-order valence-electron chi connectivity index (χ0n) is 15.6. The molecule has 0 spiro atoms. The van der Waals surface area contributed by atoms with E-state index < -0.39 is 11.7 Å². The molecule has 0 aromatic heterocycles. The topological polar surface area (TPSA) is 67.9 Å². The number of methoxy groups -OCH3 is 1. The Kier molecular flexibility index (Phi) is 9.80. The van der Waals surface area contributed by atoms with Crippen LogP contribution in [-0.4, -0.2) is 40.0 Å². The number of rotatable bonds is 3. The largest absolute Gasteiger partial charge is 0.442 e. The van der Waals surface area contributed by atoms with Crippen molar-refractivity contribution in [3.8, 4) is 0 Å². The van der Waals surface area contributed by atoms with Crippen molar-refractivity contribution < 1.29 is 19.1 Å². The molecule has 0 atom stereocenters. The third-order valence-electron chi connectivity index (χ3n) is 1.71. The van der Waals surface area contributed by atoms with E-state index in [1.807, 2.05) is 41.5 Å². The average Bonchev–Trinajstić information content (AvgIpc) is 2.24. The van der Waals surface area contributed by atoms with Crippen molar-refractivity contribution in [3.63, 3.8) is 0 Å². The van der Waals surface area contributed by atoms with Crippen LogP contribution in [0.5, 0.6) is 0 Å². The van der Waals surface area contributed by atoms with Gasteiger partial charge in [-0.25, -0.2) is 4.79 Å². The van der Waals surface area contributed by atoms with Gasteiger partial charge in [-0.2, -0.15) is 4.41 Å². The number of carbonyl (C=O) groups excluding carboxylic acids is 2. The minimum Gasteiger partial charge on any atom is -0.442 e. The first-order valence-corrected chi connectivity index (χ1v) is 7.86. The Morgan fingerprint density at radius 3 is 1.64 bits per heavy atom. The molecule has 132 valence electrons. The number of nitrogens with one attached hydrogen (secondary N) is 1. The number of amides is 2. The van der Waals surface area contributed by atoms with Crippen LogP contribution >= 0.6 is 11.9 Å². The van der Waals surface area contributed by atoms with Gasteiger partial charge < -0.3 is 9.47 Å². The van der Waals surface area contributed by atoms with Gasteiger partial charge in [-0.3, -0.25) is 10.2 Å². The van der Waals surface area contributed by atoms with Gasteiger partial charge in [0.1, 0.15) is 5.60 Å². The molecule has 0 bridgehead atoms. The highest BCUT2D eigenvalue weighted by atomic mass is 32.2. The average molecular weight is 336 g/mol. The highest BCUT2D eigenvalue weighted by Gasteiger charge is 2.26. The standard InChI is InChI=1S/C10H20N2O3S.C5H12O/c1-9(2,3)15-8(14)12(11-7-13)16-10(4,5)6;1-5(2,3)6-4/h7H,1-6H3,(H,11,13);1-4H3. The van der Waals surface area contributed by atoms with Gasteiger partial charge in [0, 0.05) is 11.9 Å². The lowest BCUT2D eigenvalue weighted by molar-refractivity contribution is -0.112. The van der Waals surface area contributed by atoms with Gasteiger partial charge in [-0.15, -0.1) is 0 Å². The molecule has 0 rings (SSSR count). The van der Waals surface area contributed by atoms with Gasteiger partial charge in [0.15, 0.2) is 0 Å². The Hall–Kier alpha value is -0.950. The van der Waals surface area contributed by atoms with Crippen LogP contribution in [0.3, 0.4) is 0 Å². The predicted octanol–water partition coefficient (Wildman–Crippen LogP) is 3.76. The summed E-state index contributed by atoms with van der Waals surface area (Å²) in [5.74, 6) is 0. The van der Waals surface area contributed by atoms with Crippen molar-refractivity contribution in [2.24, 2.45) is 0 Å². The summed E-state index contributed by atoms with van der Waals surface area (Å²) in [7, 11) is 1.71. The summed E-state index contributed by atoms with van der Waals surface area (Å²) in [6.45, 7) is 17.2. The molecule has 0 saturated carbocycles. The fourth-order valence-electron chi connectivity index (χ4n) is 0.741. The summed E-state index contributed by atoms with van der Waals surface area (Å²) in [5, 5.41) is 0. The van der Waals surface area contributed by atoms with Gasteiger partial charge in [0.25, 0.3) is 0 Å². The number of hydrogen-bond acceptors (Lipinski definition) is 5. The van der Waals surface area contributed by atoms with Crippen LogP contribution in [0.1, 0.15) is 62.3 Å². The zero-order valence-corrected chi connectivity index (χ0v) is 16.4. The maximum atomic E-state index is 11.7.